The summed E-state index contributed by atoms with van der Waals surface area (Å²) in [6, 6.07) is 9.46. The van der Waals surface area contributed by atoms with Gasteiger partial charge in [0.1, 0.15) is 12.4 Å². The van der Waals surface area contributed by atoms with E-state index in [9.17, 15) is 18.0 Å². The maximum Gasteiger partial charge on any atom is 0.373 e. The smallest absolute Gasteiger partial charge is 0.373 e. The number of sulfonamides is 1. The number of nitrogens with zero attached hydrogens (tertiary/aromatic N) is 1. The lowest BCUT2D eigenvalue weighted by Gasteiger charge is -2.18. The number of hydrogen-bond acceptors (Lipinski definition) is 7. The molecule has 0 spiro atoms. The maximum absolute atomic E-state index is 12.5. The van der Waals surface area contributed by atoms with Gasteiger partial charge in [0.15, 0.2) is 0 Å². The Hall–Kier alpha value is -2.65. The minimum absolute atomic E-state index is 0.0401. The van der Waals surface area contributed by atoms with Gasteiger partial charge in [-0.25, -0.2) is 13.2 Å². The molecule has 1 aromatic heterocycles. The molecule has 0 aliphatic heterocycles. The first-order valence-corrected chi connectivity index (χ1v) is 10.7. The van der Waals surface area contributed by atoms with Crippen LogP contribution < -0.4 is 0 Å². The molecule has 29 heavy (non-hydrogen) atoms. The van der Waals surface area contributed by atoms with E-state index in [4.69, 9.17) is 9.15 Å². The number of rotatable bonds is 10. The van der Waals surface area contributed by atoms with Crippen molar-refractivity contribution >= 4 is 22.0 Å². The molecule has 0 aliphatic carbocycles. The Labute approximate surface area is 170 Å². The van der Waals surface area contributed by atoms with Crippen LogP contribution in [0.2, 0.25) is 0 Å². The van der Waals surface area contributed by atoms with Crippen LogP contribution >= 0.6 is 0 Å². The normalized spacial score (nSPS) is 11.4. The van der Waals surface area contributed by atoms with E-state index in [1.165, 1.54) is 23.5 Å². The fourth-order valence-corrected chi connectivity index (χ4v) is 4.13. The van der Waals surface area contributed by atoms with Crippen molar-refractivity contribution in [3.8, 4) is 0 Å². The minimum Gasteiger partial charge on any atom is -0.463 e. The van der Waals surface area contributed by atoms with Crippen LogP contribution in [0.25, 0.3) is 0 Å². The fourth-order valence-electron chi connectivity index (χ4n) is 2.68. The van der Waals surface area contributed by atoms with Crippen molar-refractivity contribution in [3.63, 3.8) is 0 Å². The third-order valence-electron chi connectivity index (χ3n) is 4.31. The summed E-state index contributed by atoms with van der Waals surface area (Å²) < 4.78 is 41.2. The number of aryl methyl sites for hydroxylation is 1. The van der Waals surface area contributed by atoms with E-state index in [0.717, 1.165) is 5.56 Å². The van der Waals surface area contributed by atoms with Gasteiger partial charge in [0.2, 0.25) is 15.8 Å². The van der Waals surface area contributed by atoms with Crippen LogP contribution in [0.3, 0.4) is 0 Å². The molecule has 0 unspecified atom stereocenters. The highest BCUT2D eigenvalue weighted by molar-refractivity contribution is 7.89. The highest BCUT2D eigenvalue weighted by atomic mass is 32.2. The summed E-state index contributed by atoms with van der Waals surface area (Å²) >= 11 is 0. The van der Waals surface area contributed by atoms with E-state index in [1.54, 1.807) is 38.1 Å². The fraction of sp³-hybridized carbons (Fsp3) is 0.400. The molecule has 2 rings (SSSR count). The third kappa shape index (κ3) is 5.91. The number of ether oxygens (including phenoxy) is 2. The van der Waals surface area contributed by atoms with E-state index < -0.39 is 22.0 Å². The molecule has 0 radical (unpaired) electrons. The van der Waals surface area contributed by atoms with Gasteiger partial charge in [0, 0.05) is 19.5 Å². The number of benzene rings is 1. The molecular weight excluding hydrogens is 398 g/mol. The summed E-state index contributed by atoms with van der Waals surface area (Å²) in [7, 11) is -2.25. The molecule has 1 aromatic carbocycles. The Bertz CT molecular complexity index is 928. The zero-order valence-corrected chi connectivity index (χ0v) is 17.5. The first kappa shape index (κ1) is 22.6. The van der Waals surface area contributed by atoms with Gasteiger partial charge in [-0.3, -0.25) is 4.79 Å². The number of furan rings is 1. The van der Waals surface area contributed by atoms with Crippen LogP contribution in [0.15, 0.2) is 45.7 Å². The topological polar surface area (TPSA) is 103 Å². The van der Waals surface area contributed by atoms with E-state index >= 15 is 0 Å². The molecule has 0 amide bonds. The summed E-state index contributed by atoms with van der Waals surface area (Å²) in [5.41, 5.74) is 0.825. The van der Waals surface area contributed by atoms with Gasteiger partial charge in [-0.15, -0.1) is 0 Å². The van der Waals surface area contributed by atoms with E-state index in [0.29, 0.717) is 25.3 Å². The van der Waals surface area contributed by atoms with Gasteiger partial charge in [0.05, 0.1) is 12.0 Å². The number of carbonyl (C=O) groups excluding carboxylic acids is 2. The summed E-state index contributed by atoms with van der Waals surface area (Å²) in [5, 5.41) is 0. The predicted molar refractivity (Wildman–Crippen MR) is 105 cm³/mol. The predicted octanol–water partition coefficient (Wildman–Crippen LogP) is 2.77. The molecule has 0 aliphatic rings. The molecule has 0 bridgehead atoms. The zero-order chi connectivity index (χ0) is 21.4. The van der Waals surface area contributed by atoms with Crippen molar-refractivity contribution in [1.82, 2.24) is 4.31 Å². The van der Waals surface area contributed by atoms with Crippen LogP contribution in [-0.2, 0) is 37.3 Å². The van der Waals surface area contributed by atoms with Gasteiger partial charge < -0.3 is 13.9 Å². The zero-order valence-electron chi connectivity index (χ0n) is 16.7. The highest BCUT2D eigenvalue weighted by Gasteiger charge is 2.21. The van der Waals surface area contributed by atoms with Gasteiger partial charge in [-0.1, -0.05) is 26.0 Å². The van der Waals surface area contributed by atoms with Crippen molar-refractivity contribution in [2.24, 2.45) is 0 Å². The van der Waals surface area contributed by atoms with Crippen LogP contribution in [0.4, 0.5) is 0 Å². The SMILES string of the molecule is CCN(CC)S(=O)(=O)c1ccc(CCC(=O)OCc2ccc(C(=O)OC)o2)cc1. The lowest BCUT2D eigenvalue weighted by Crippen LogP contribution is -2.30. The second-order valence-corrected chi connectivity index (χ2v) is 8.09. The van der Waals surface area contributed by atoms with Crippen LogP contribution in [-0.4, -0.2) is 44.9 Å². The van der Waals surface area contributed by atoms with Crippen LogP contribution in [0, 0.1) is 0 Å². The summed E-state index contributed by atoms with van der Waals surface area (Å²) in [6.45, 7) is 4.31. The monoisotopic (exact) mass is 423 g/mol. The highest BCUT2D eigenvalue weighted by Crippen LogP contribution is 2.17. The minimum atomic E-state index is -3.50. The second kappa shape index (κ2) is 10.2. The van der Waals surface area contributed by atoms with Gasteiger partial charge in [0.25, 0.3) is 0 Å². The molecule has 2 aromatic rings. The second-order valence-electron chi connectivity index (χ2n) is 6.15. The van der Waals surface area contributed by atoms with E-state index in [-0.39, 0.29) is 23.7 Å². The Morgan fingerprint density at radius 3 is 2.28 bits per heavy atom. The lowest BCUT2D eigenvalue weighted by molar-refractivity contribution is -0.145. The Balaban J connectivity index is 1.86. The molecular formula is C20H25NO7S. The van der Waals surface area contributed by atoms with Crippen LogP contribution in [0.1, 0.15) is 42.1 Å². The lowest BCUT2D eigenvalue weighted by atomic mass is 10.1. The quantitative estimate of drug-likeness (QED) is 0.541. The van der Waals surface area contributed by atoms with Crippen molar-refractivity contribution in [2.75, 3.05) is 20.2 Å². The number of hydrogen-bond donors (Lipinski definition) is 0. The van der Waals surface area contributed by atoms with Crippen molar-refractivity contribution < 1.29 is 31.9 Å². The molecule has 9 heteroatoms. The van der Waals surface area contributed by atoms with Gasteiger partial charge >= 0.3 is 11.9 Å². The number of carbonyl (C=O) groups is 2. The summed E-state index contributed by atoms with van der Waals surface area (Å²) in [4.78, 5) is 23.5. The molecule has 0 saturated carbocycles. The van der Waals surface area contributed by atoms with Crippen molar-refractivity contribution in [1.29, 1.82) is 0 Å². The molecule has 0 fully saturated rings. The Morgan fingerprint density at radius 1 is 1.03 bits per heavy atom. The average molecular weight is 423 g/mol. The van der Waals surface area contributed by atoms with E-state index in [1.807, 2.05) is 0 Å². The summed E-state index contributed by atoms with van der Waals surface area (Å²) in [5.74, 6) is -0.655. The first-order valence-electron chi connectivity index (χ1n) is 9.23. The van der Waals surface area contributed by atoms with Crippen molar-refractivity contribution in [2.45, 2.75) is 38.2 Å². The molecule has 0 atom stereocenters. The van der Waals surface area contributed by atoms with Crippen molar-refractivity contribution in [3.05, 3.63) is 53.5 Å². The standard InChI is InChI=1S/C20H25NO7S/c1-4-21(5-2)29(24,25)17-10-6-15(7-11-17)8-13-19(22)27-14-16-9-12-18(28-16)20(23)26-3/h6-7,9-12H,4-5,8,13-14H2,1-3H3. The number of methoxy groups -OCH3 is 1. The Morgan fingerprint density at radius 2 is 1.69 bits per heavy atom. The molecule has 0 N–H and O–H groups in total. The molecule has 158 valence electrons. The maximum atomic E-state index is 12.5. The average Bonchev–Trinajstić information content (AvgIpc) is 3.20. The largest absolute Gasteiger partial charge is 0.463 e. The van der Waals surface area contributed by atoms with E-state index in [2.05, 4.69) is 4.74 Å². The van der Waals surface area contributed by atoms with Crippen LogP contribution in [0.5, 0.6) is 0 Å². The third-order valence-corrected chi connectivity index (χ3v) is 6.37. The molecule has 0 saturated heterocycles. The van der Waals surface area contributed by atoms with Gasteiger partial charge in [-0.2, -0.15) is 4.31 Å². The molecule has 8 nitrogen and oxygen atoms in total. The van der Waals surface area contributed by atoms with Gasteiger partial charge in [-0.05, 0) is 36.2 Å². The first-order chi connectivity index (χ1) is 13.8. The molecule has 1 heterocycles. The Kier molecular flexibility index (Phi) is 7.98. The summed E-state index contributed by atoms with van der Waals surface area (Å²) in [6.07, 6.45) is 0.544. The number of esters is 2.